The van der Waals surface area contributed by atoms with Gasteiger partial charge >= 0.3 is 6.09 Å². The number of rotatable bonds is 3. The minimum Gasteiger partial charge on any atom is -0.444 e. The molecule has 2 heterocycles. The van der Waals surface area contributed by atoms with E-state index in [1.54, 1.807) is 12.3 Å². The molecule has 1 aromatic heterocycles. The van der Waals surface area contributed by atoms with Gasteiger partial charge in [0.25, 0.3) is 0 Å². The fourth-order valence-corrected chi connectivity index (χ4v) is 2.49. The van der Waals surface area contributed by atoms with Gasteiger partial charge in [-0.3, -0.25) is 0 Å². The lowest BCUT2D eigenvalue weighted by molar-refractivity contribution is 0.0517. The Labute approximate surface area is 136 Å². The van der Waals surface area contributed by atoms with Crippen molar-refractivity contribution in [2.45, 2.75) is 39.2 Å². The van der Waals surface area contributed by atoms with Crippen molar-refractivity contribution in [3.05, 3.63) is 17.4 Å². The van der Waals surface area contributed by atoms with E-state index in [0.717, 1.165) is 25.9 Å². The van der Waals surface area contributed by atoms with Gasteiger partial charge < -0.3 is 15.0 Å². The summed E-state index contributed by atoms with van der Waals surface area (Å²) in [6.45, 7) is 7.93. The highest BCUT2D eigenvalue weighted by Crippen LogP contribution is 2.21. The minimum atomic E-state index is -0.461. The van der Waals surface area contributed by atoms with Crippen LogP contribution in [0.25, 0.3) is 0 Å². The van der Waals surface area contributed by atoms with E-state index in [4.69, 9.17) is 16.3 Å². The molecule has 0 bridgehead atoms. The predicted octanol–water partition coefficient (Wildman–Crippen LogP) is 2.87. The monoisotopic (exact) mass is 326 g/mol. The van der Waals surface area contributed by atoms with Crippen molar-refractivity contribution < 1.29 is 9.53 Å². The highest BCUT2D eigenvalue weighted by atomic mass is 35.5. The number of carbonyl (C=O) groups excluding carboxylic acids is 1. The third-order valence-corrected chi connectivity index (χ3v) is 3.65. The van der Waals surface area contributed by atoms with Gasteiger partial charge in [0.15, 0.2) is 0 Å². The van der Waals surface area contributed by atoms with E-state index in [1.807, 2.05) is 20.8 Å². The molecule has 22 heavy (non-hydrogen) atoms. The highest BCUT2D eigenvalue weighted by molar-refractivity contribution is 6.29. The summed E-state index contributed by atoms with van der Waals surface area (Å²) < 4.78 is 5.24. The van der Waals surface area contributed by atoms with E-state index >= 15 is 0 Å². The third kappa shape index (κ3) is 5.33. The van der Waals surface area contributed by atoms with Gasteiger partial charge in [-0.25, -0.2) is 14.8 Å². The molecule has 0 aliphatic carbocycles. The van der Waals surface area contributed by atoms with Crippen molar-refractivity contribution in [3.8, 4) is 0 Å². The average Bonchev–Trinajstić information content (AvgIpc) is 2.44. The van der Waals surface area contributed by atoms with Crippen LogP contribution >= 0.6 is 11.6 Å². The summed E-state index contributed by atoms with van der Waals surface area (Å²) in [5.41, 5.74) is -0.461. The summed E-state index contributed by atoms with van der Waals surface area (Å²) in [6, 6.07) is 1.67. The van der Waals surface area contributed by atoms with Crippen molar-refractivity contribution in [1.82, 2.24) is 15.3 Å². The lowest BCUT2D eigenvalue weighted by Crippen LogP contribution is -2.40. The van der Waals surface area contributed by atoms with Gasteiger partial charge in [0.2, 0.25) is 5.95 Å². The molecule has 0 radical (unpaired) electrons. The second-order valence-electron chi connectivity index (χ2n) is 6.49. The Morgan fingerprint density at radius 1 is 1.45 bits per heavy atom. The van der Waals surface area contributed by atoms with Crippen LogP contribution in [0.2, 0.25) is 5.15 Å². The molecule has 0 atom stereocenters. The molecule has 122 valence electrons. The molecule has 1 fully saturated rings. The Hall–Kier alpha value is -1.56. The number of anilines is 1. The van der Waals surface area contributed by atoms with E-state index in [-0.39, 0.29) is 6.09 Å². The Morgan fingerprint density at radius 3 is 2.73 bits per heavy atom. The molecule has 1 saturated heterocycles. The van der Waals surface area contributed by atoms with Crippen molar-refractivity contribution in [2.75, 3.05) is 24.5 Å². The maximum atomic E-state index is 11.6. The molecule has 1 aromatic rings. The van der Waals surface area contributed by atoms with E-state index in [2.05, 4.69) is 20.2 Å². The molecular formula is C15H23ClN4O2. The van der Waals surface area contributed by atoms with Crippen molar-refractivity contribution in [1.29, 1.82) is 0 Å². The number of aromatic nitrogens is 2. The van der Waals surface area contributed by atoms with Gasteiger partial charge in [0.05, 0.1) is 0 Å². The Balaban J connectivity index is 1.74. The van der Waals surface area contributed by atoms with Gasteiger partial charge in [0.1, 0.15) is 10.8 Å². The number of halogens is 1. The fourth-order valence-electron chi connectivity index (χ4n) is 2.36. The first-order chi connectivity index (χ1) is 10.3. The third-order valence-electron chi connectivity index (χ3n) is 3.44. The van der Waals surface area contributed by atoms with E-state index < -0.39 is 5.60 Å². The number of nitrogens with one attached hydrogen (secondary N) is 1. The summed E-state index contributed by atoms with van der Waals surface area (Å²) in [4.78, 5) is 22.2. The zero-order valence-corrected chi connectivity index (χ0v) is 14.1. The van der Waals surface area contributed by atoms with Gasteiger partial charge in [-0.05, 0) is 45.6 Å². The largest absolute Gasteiger partial charge is 0.444 e. The predicted molar refractivity (Wildman–Crippen MR) is 86.2 cm³/mol. The highest BCUT2D eigenvalue weighted by Gasteiger charge is 2.22. The van der Waals surface area contributed by atoms with Gasteiger partial charge in [-0.2, -0.15) is 0 Å². The molecule has 0 aromatic carbocycles. The molecule has 1 aliphatic heterocycles. The topological polar surface area (TPSA) is 67.3 Å². The smallest absolute Gasteiger partial charge is 0.407 e. The van der Waals surface area contributed by atoms with Crippen LogP contribution in [0, 0.1) is 5.92 Å². The van der Waals surface area contributed by atoms with Crippen LogP contribution < -0.4 is 10.2 Å². The first-order valence-electron chi connectivity index (χ1n) is 7.54. The van der Waals surface area contributed by atoms with E-state index in [9.17, 15) is 4.79 Å². The van der Waals surface area contributed by atoms with Crippen molar-refractivity contribution in [2.24, 2.45) is 5.92 Å². The number of amides is 1. The number of alkyl carbamates (subject to hydrolysis) is 1. The number of hydrogen-bond donors (Lipinski definition) is 1. The molecule has 1 amide bonds. The normalized spacial score (nSPS) is 16.5. The zero-order valence-electron chi connectivity index (χ0n) is 13.3. The van der Waals surface area contributed by atoms with Crippen molar-refractivity contribution >= 4 is 23.6 Å². The van der Waals surface area contributed by atoms with Crippen LogP contribution in [-0.4, -0.2) is 41.3 Å². The van der Waals surface area contributed by atoms with Crippen LogP contribution in [0.15, 0.2) is 12.3 Å². The Morgan fingerprint density at radius 2 is 2.14 bits per heavy atom. The summed E-state index contributed by atoms with van der Waals surface area (Å²) in [5, 5.41) is 3.30. The van der Waals surface area contributed by atoms with Crippen LogP contribution in [0.3, 0.4) is 0 Å². The summed E-state index contributed by atoms with van der Waals surface area (Å²) >= 11 is 5.89. The second-order valence-corrected chi connectivity index (χ2v) is 6.88. The lowest BCUT2D eigenvalue weighted by atomic mass is 9.97. The molecular weight excluding hydrogens is 304 g/mol. The summed E-state index contributed by atoms with van der Waals surface area (Å²) in [6.07, 6.45) is 3.27. The molecule has 0 unspecified atom stereocenters. The molecule has 2 rings (SSSR count). The van der Waals surface area contributed by atoms with E-state index in [0.29, 0.717) is 23.6 Å². The second kappa shape index (κ2) is 7.13. The number of ether oxygens (including phenoxy) is 1. The van der Waals surface area contributed by atoms with Gasteiger partial charge in [-0.1, -0.05) is 11.6 Å². The van der Waals surface area contributed by atoms with E-state index in [1.165, 1.54) is 0 Å². The Bertz CT molecular complexity index is 511. The molecule has 0 saturated carbocycles. The summed E-state index contributed by atoms with van der Waals surface area (Å²) in [7, 11) is 0. The zero-order chi connectivity index (χ0) is 16.2. The molecule has 1 N–H and O–H groups in total. The number of piperidine rings is 1. The van der Waals surface area contributed by atoms with Gasteiger partial charge in [-0.15, -0.1) is 0 Å². The Kier molecular flexibility index (Phi) is 5.45. The quantitative estimate of drug-likeness (QED) is 0.865. The minimum absolute atomic E-state index is 0.354. The summed E-state index contributed by atoms with van der Waals surface area (Å²) in [5.74, 6) is 1.12. The molecule has 0 spiro atoms. The number of hydrogen-bond acceptors (Lipinski definition) is 5. The molecule has 7 heteroatoms. The van der Waals surface area contributed by atoms with Crippen LogP contribution in [0.4, 0.5) is 10.7 Å². The van der Waals surface area contributed by atoms with Gasteiger partial charge in [0, 0.05) is 25.8 Å². The first-order valence-corrected chi connectivity index (χ1v) is 7.91. The molecule has 1 aliphatic rings. The number of nitrogens with zero attached hydrogens (tertiary/aromatic N) is 3. The van der Waals surface area contributed by atoms with Crippen molar-refractivity contribution in [3.63, 3.8) is 0 Å². The SMILES string of the molecule is CC(C)(C)OC(=O)NCC1CCN(c2nccc(Cl)n2)CC1. The van der Waals surface area contributed by atoms with Crippen LogP contribution in [-0.2, 0) is 4.74 Å². The maximum Gasteiger partial charge on any atom is 0.407 e. The average molecular weight is 327 g/mol. The lowest BCUT2D eigenvalue weighted by Gasteiger charge is -2.32. The maximum absolute atomic E-state index is 11.6. The first kappa shape index (κ1) is 16.8. The molecule has 6 nitrogen and oxygen atoms in total. The van der Waals surface area contributed by atoms with Crippen LogP contribution in [0.5, 0.6) is 0 Å². The van der Waals surface area contributed by atoms with Crippen LogP contribution in [0.1, 0.15) is 33.6 Å². The fraction of sp³-hybridized carbons (Fsp3) is 0.667. The standard InChI is InChI=1S/C15H23ClN4O2/c1-15(2,3)22-14(21)18-10-11-5-8-20(9-6-11)13-17-7-4-12(16)19-13/h4,7,11H,5-6,8-10H2,1-3H3,(H,18,21). The number of carbonyl (C=O) groups is 1.